The zero-order valence-electron chi connectivity index (χ0n) is 23.1. The van der Waals surface area contributed by atoms with Crippen LogP contribution in [0.25, 0.3) is 10.1 Å². The van der Waals surface area contributed by atoms with Gasteiger partial charge in [0.05, 0.1) is 26.6 Å². The van der Waals surface area contributed by atoms with Gasteiger partial charge in [-0.05, 0) is 61.9 Å². The average Bonchev–Trinajstić information content (AvgIpc) is 2.97. The van der Waals surface area contributed by atoms with Gasteiger partial charge in [-0.25, -0.2) is 4.79 Å². The Kier molecular flexibility index (Phi) is 8.89. The van der Waals surface area contributed by atoms with Crippen molar-refractivity contribution in [3.63, 3.8) is 0 Å². The number of fused-ring (bicyclic) bond motifs is 1. The van der Waals surface area contributed by atoms with Crippen molar-refractivity contribution in [1.82, 2.24) is 4.90 Å². The van der Waals surface area contributed by atoms with Crippen molar-refractivity contribution in [2.45, 2.75) is 44.1 Å². The van der Waals surface area contributed by atoms with Crippen molar-refractivity contribution in [2.75, 3.05) is 37.6 Å². The highest BCUT2D eigenvalue weighted by Gasteiger charge is 2.35. The number of carbonyl (C=O) groups is 1. The Morgan fingerprint density at radius 1 is 0.909 bits per heavy atom. The first-order chi connectivity index (χ1) is 20.7. The number of hydrogen-bond acceptors (Lipinski definition) is 8. The van der Waals surface area contributed by atoms with E-state index in [2.05, 4.69) is 4.90 Å². The minimum atomic E-state index is -4.83. The lowest BCUT2D eigenvalue weighted by Crippen LogP contribution is -2.48. The van der Waals surface area contributed by atoms with Crippen molar-refractivity contribution >= 4 is 38.1 Å². The summed E-state index contributed by atoms with van der Waals surface area (Å²) in [6.45, 7) is 3.15. The van der Waals surface area contributed by atoms with E-state index < -0.39 is 45.5 Å². The lowest BCUT2D eigenvalue weighted by Gasteiger charge is -2.38. The number of non-ortho nitro benzene ring substituents is 1. The van der Waals surface area contributed by atoms with Gasteiger partial charge in [0.25, 0.3) is 5.69 Å². The summed E-state index contributed by atoms with van der Waals surface area (Å²) in [5.74, 6) is -0.301. The van der Waals surface area contributed by atoms with Crippen LogP contribution < -0.4 is 10.3 Å². The maximum absolute atomic E-state index is 13.3. The van der Waals surface area contributed by atoms with E-state index in [1.165, 1.54) is 6.07 Å². The highest BCUT2D eigenvalue weighted by molar-refractivity contribution is 7.22. The van der Waals surface area contributed by atoms with Crippen molar-refractivity contribution in [1.29, 1.82) is 0 Å². The van der Waals surface area contributed by atoms with Crippen molar-refractivity contribution in [2.24, 2.45) is 5.92 Å². The molecule has 2 aromatic carbocycles. The topological polar surface area (TPSA) is 93.0 Å². The maximum atomic E-state index is 13.3. The van der Waals surface area contributed by atoms with Crippen LogP contribution in [-0.4, -0.2) is 54.6 Å². The molecule has 1 aliphatic heterocycles. The lowest BCUT2D eigenvalue weighted by atomic mass is 9.87. The Balaban J connectivity index is 1.14. The standard InChI is InChI=1S/C29H27F6N3O5S/c30-28(31,32)19-5-3-18(4-6-19)27(40)43-21-7-1-17(2-8-21)16-36-9-11-37(12-10-36)25-15-24(39)22-13-20(29(33,34)35)14-23(38(41)42)26(22)44-25/h3-6,13-15,17,21H,1-2,7-12,16H2. The molecule has 0 unspecified atom stereocenters. The number of alkyl halides is 6. The van der Waals surface area contributed by atoms with Crippen molar-refractivity contribution < 1.29 is 40.8 Å². The van der Waals surface area contributed by atoms with Gasteiger partial charge in [-0.3, -0.25) is 19.8 Å². The Morgan fingerprint density at radius 2 is 1.52 bits per heavy atom. The van der Waals surface area contributed by atoms with Crippen LogP contribution in [0.2, 0.25) is 0 Å². The van der Waals surface area contributed by atoms with E-state index in [9.17, 15) is 46.0 Å². The van der Waals surface area contributed by atoms with Gasteiger partial charge in [0.2, 0.25) is 0 Å². The number of benzene rings is 2. The molecule has 2 heterocycles. The minimum absolute atomic E-state index is 0.0649. The first-order valence-corrected chi connectivity index (χ1v) is 14.7. The Morgan fingerprint density at radius 3 is 2.09 bits per heavy atom. The van der Waals surface area contributed by atoms with Gasteiger partial charge >= 0.3 is 18.3 Å². The van der Waals surface area contributed by atoms with E-state index in [4.69, 9.17) is 4.74 Å². The highest BCUT2D eigenvalue weighted by atomic mass is 32.1. The summed E-state index contributed by atoms with van der Waals surface area (Å²) in [7, 11) is 0. The van der Waals surface area contributed by atoms with Crippen LogP contribution in [0.15, 0.2) is 47.3 Å². The van der Waals surface area contributed by atoms with Crippen LogP contribution in [0.1, 0.15) is 47.2 Å². The number of nitro groups is 1. The van der Waals surface area contributed by atoms with Crippen LogP contribution in [0.3, 0.4) is 0 Å². The number of halogens is 6. The number of esters is 1. The zero-order chi connectivity index (χ0) is 31.8. The molecule has 1 saturated heterocycles. The number of anilines is 1. The lowest BCUT2D eigenvalue weighted by molar-refractivity contribution is -0.383. The van der Waals surface area contributed by atoms with Crippen LogP contribution in [0.5, 0.6) is 0 Å². The molecule has 1 saturated carbocycles. The molecule has 236 valence electrons. The highest BCUT2D eigenvalue weighted by Crippen LogP contribution is 2.39. The molecule has 8 nitrogen and oxygen atoms in total. The Bertz CT molecular complexity index is 1590. The summed E-state index contributed by atoms with van der Waals surface area (Å²) in [5, 5.41) is 11.7. The summed E-state index contributed by atoms with van der Waals surface area (Å²) in [4.78, 5) is 40.0. The van der Waals surface area contributed by atoms with Gasteiger partial charge in [-0.15, -0.1) is 11.3 Å². The third kappa shape index (κ3) is 7.15. The predicted molar refractivity (Wildman–Crippen MR) is 151 cm³/mol. The van der Waals surface area contributed by atoms with E-state index in [-0.39, 0.29) is 21.8 Å². The normalized spacial score (nSPS) is 20.1. The van der Waals surface area contributed by atoms with E-state index in [0.717, 1.165) is 55.0 Å². The van der Waals surface area contributed by atoms with E-state index in [1.54, 1.807) is 0 Å². The summed E-state index contributed by atoms with van der Waals surface area (Å²) < 4.78 is 83.5. The molecule has 3 aromatic rings. The second-order valence-electron chi connectivity index (χ2n) is 11.0. The fraction of sp³-hybridized carbons (Fsp3) is 0.448. The third-order valence-electron chi connectivity index (χ3n) is 8.04. The molecular weight excluding hydrogens is 616 g/mol. The monoisotopic (exact) mass is 643 g/mol. The number of piperazine rings is 1. The van der Waals surface area contributed by atoms with Gasteiger partial charge in [0, 0.05) is 50.2 Å². The number of nitrogens with zero attached hydrogens (tertiary/aromatic N) is 3. The SMILES string of the molecule is O=C(OC1CCC(CN2CCN(c3cc(=O)c4cc(C(F)(F)F)cc([N+](=O)[O-])c4s3)CC2)CC1)c1ccc(C(F)(F)F)cc1. The second kappa shape index (κ2) is 12.3. The molecule has 0 radical (unpaired) electrons. The fourth-order valence-corrected chi connectivity index (χ4v) is 6.84. The van der Waals surface area contributed by atoms with Crippen LogP contribution in [-0.2, 0) is 17.1 Å². The van der Waals surface area contributed by atoms with Crippen molar-refractivity contribution in [3.8, 4) is 0 Å². The molecule has 0 bridgehead atoms. The van der Waals surface area contributed by atoms with E-state index >= 15 is 0 Å². The van der Waals surface area contributed by atoms with Crippen LogP contribution >= 0.6 is 11.3 Å². The molecule has 2 fully saturated rings. The molecule has 5 rings (SSSR count). The van der Waals surface area contributed by atoms with E-state index in [0.29, 0.717) is 62.1 Å². The van der Waals surface area contributed by atoms with Crippen molar-refractivity contribution in [3.05, 3.63) is 79.5 Å². The summed E-state index contributed by atoms with van der Waals surface area (Å²) in [6.07, 6.45) is -6.74. The average molecular weight is 644 g/mol. The number of nitro benzene ring substituents is 1. The molecule has 15 heteroatoms. The number of rotatable bonds is 6. The van der Waals surface area contributed by atoms with Gasteiger partial charge in [0.1, 0.15) is 10.8 Å². The molecule has 2 aliphatic rings. The Labute approximate surface area is 251 Å². The third-order valence-corrected chi connectivity index (χ3v) is 9.25. The summed E-state index contributed by atoms with van der Waals surface area (Å²) in [6, 6.07) is 6.28. The maximum Gasteiger partial charge on any atom is 0.416 e. The van der Waals surface area contributed by atoms with Crippen LogP contribution in [0, 0.1) is 16.0 Å². The van der Waals surface area contributed by atoms with Gasteiger partial charge < -0.3 is 9.64 Å². The minimum Gasteiger partial charge on any atom is -0.459 e. The smallest absolute Gasteiger partial charge is 0.416 e. The number of hydrogen-bond donors (Lipinski definition) is 0. The van der Waals surface area contributed by atoms with Gasteiger partial charge in [-0.2, -0.15) is 26.3 Å². The van der Waals surface area contributed by atoms with Gasteiger partial charge in [-0.1, -0.05) is 0 Å². The molecule has 44 heavy (non-hydrogen) atoms. The largest absolute Gasteiger partial charge is 0.459 e. The van der Waals surface area contributed by atoms with E-state index in [1.807, 2.05) is 4.90 Å². The molecule has 0 amide bonds. The molecule has 0 atom stereocenters. The zero-order valence-corrected chi connectivity index (χ0v) is 23.9. The fourth-order valence-electron chi connectivity index (χ4n) is 5.65. The molecule has 1 aromatic heterocycles. The number of carbonyl (C=O) groups excluding carboxylic acids is 1. The predicted octanol–water partition coefficient (Wildman–Crippen LogP) is 6.75. The number of ether oxygens (including phenoxy) is 1. The van der Waals surface area contributed by atoms with Crippen LogP contribution in [0.4, 0.5) is 37.0 Å². The van der Waals surface area contributed by atoms with Gasteiger partial charge in [0.15, 0.2) is 5.43 Å². The first-order valence-electron chi connectivity index (χ1n) is 13.9. The molecule has 0 spiro atoms. The summed E-state index contributed by atoms with van der Waals surface area (Å²) in [5.41, 5.74) is -3.47. The first kappa shape index (κ1) is 31.7. The second-order valence-corrected chi connectivity index (χ2v) is 12.0. The summed E-state index contributed by atoms with van der Waals surface area (Å²) >= 11 is 0.931. The quantitative estimate of drug-likeness (QED) is 0.127. The molecule has 1 aliphatic carbocycles. The molecule has 0 N–H and O–H groups in total. The molecular formula is C29H27F6N3O5S. The Hall–Kier alpha value is -3.72.